The molecule has 3 rings (SSSR count). The standard InChI is InChI=1S/C15H18FN3O3/c16-11-4-2-1-3-10(11)5-18-6-12-13(7-18)22-9-15(21)19(12)8-14(17)20/h1-4,12-13H,5-9H2,(H2,17,20). The zero-order valence-electron chi connectivity index (χ0n) is 12.1. The maximum Gasteiger partial charge on any atom is 0.249 e. The predicted molar refractivity (Wildman–Crippen MR) is 76.1 cm³/mol. The van der Waals surface area contributed by atoms with E-state index in [1.165, 1.54) is 11.0 Å². The second kappa shape index (κ2) is 6.02. The molecule has 2 fully saturated rings. The molecule has 118 valence electrons. The van der Waals surface area contributed by atoms with Gasteiger partial charge in [0.05, 0.1) is 18.7 Å². The van der Waals surface area contributed by atoms with Gasteiger partial charge in [-0.1, -0.05) is 18.2 Å². The van der Waals surface area contributed by atoms with E-state index in [1.54, 1.807) is 18.2 Å². The van der Waals surface area contributed by atoms with Gasteiger partial charge in [-0.05, 0) is 6.07 Å². The van der Waals surface area contributed by atoms with Crippen LogP contribution in [0.5, 0.6) is 0 Å². The largest absolute Gasteiger partial charge is 0.368 e. The lowest BCUT2D eigenvalue weighted by Gasteiger charge is -2.35. The number of carbonyl (C=O) groups excluding carboxylic acids is 2. The van der Waals surface area contributed by atoms with Crippen LogP contribution >= 0.6 is 0 Å². The third kappa shape index (κ3) is 2.95. The lowest BCUT2D eigenvalue weighted by atomic mass is 10.1. The van der Waals surface area contributed by atoms with Gasteiger partial charge in [-0.15, -0.1) is 0 Å². The van der Waals surface area contributed by atoms with Gasteiger partial charge in [-0.3, -0.25) is 14.5 Å². The number of hydrogen-bond acceptors (Lipinski definition) is 4. The van der Waals surface area contributed by atoms with Crippen LogP contribution in [0.25, 0.3) is 0 Å². The fourth-order valence-electron chi connectivity index (χ4n) is 3.11. The highest BCUT2D eigenvalue weighted by atomic mass is 19.1. The summed E-state index contributed by atoms with van der Waals surface area (Å²) >= 11 is 0. The number of morpholine rings is 1. The number of benzene rings is 1. The average Bonchev–Trinajstić information content (AvgIpc) is 2.87. The summed E-state index contributed by atoms with van der Waals surface area (Å²) < 4.78 is 19.3. The molecule has 1 aromatic rings. The molecule has 1 aromatic carbocycles. The van der Waals surface area contributed by atoms with Crippen LogP contribution in [-0.4, -0.2) is 60.0 Å². The molecule has 0 radical (unpaired) electrons. The summed E-state index contributed by atoms with van der Waals surface area (Å²) in [5, 5.41) is 0. The van der Waals surface area contributed by atoms with Crippen LogP contribution in [0.2, 0.25) is 0 Å². The van der Waals surface area contributed by atoms with Gasteiger partial charge in [-0.2, -0.15) is 0 Å². The lowest BCUT2D eigenvalue weighted by molar-refractivity contribution is -0.155. The Bertz CT molecular complexity index is 595. The number of amides is 2. The van der Waals surface area contributed by atoms with Crippen molar-refractivity contribution in [1.29, 1.82) is 0 Å². The van der Waals surface area contributed by atoms with Gasteiger partial charge >= 0.3 is 0 Å². The molecule has 2 saturated heterocycles. The van der Waals surface area contributed by atoms with E-state index in [1.807, 2.05) is 4.90 Å². The number of halogens is 1. The highest BCUT2D eigenvalue weighted by molar-refractivity contribution is 5.85. The van der Waals surface area contributed by atoms with Crippen molar-refractivity contribution < 1.29 is 18.7 Å². The summed E-state index contributed by atoms with van der Waals surface area (Å²) in [5.74, 6) is -1.02. The van der Waals surface area contributed by atoms with Gasteiger partial charge in [0.2, 0.25) is 11.8 Å². The molecule has 2 aliphatic rings. The molecule has 0 aliphatic carbocycles. The van der Waals surface area contributed by atoms with E-state index < -0.39 is 5.91 Å². The first-order valence-corrected chi connectivity index (χ1v) is 7.19. The van der Waals surface area contributed by atoms with Crippen molar-refractivity contribution >= 4 is 11.8 Å². The fourth-order valence-corrected chi connectivity index (χ4v) is 3.11. The van der Waals surface area contributed by atoms with Crippen LogP contribution in [0.4, 0.5) is 4.39 Å². The molecule has 7 heteroatoms. The van der Waals surface area contributed by atoms with Gasteiger partial charge in [-0.25, -0.2) is 4.39 Å². The van der Waals surface area contributed by atoms with Crippen LogP contribution in [-0.2, 0) is 20.9 Å². The third-order valence-electron chi connectivity index (χ3n) is 4.13. The van der Waals surface area contributed by atoms with Gasteiger partial charge in [0.15, 0.2) is 0 Å². The molecule has 2 aliphatic heterocycles. The second-order valence-corrected chi connectivity index (χ2v) is 5.69. The number of likely N-dealkylation sites (tertiary alicyclic amines) is 1. The lowest BCUT2D eigenvalue weighted by Crippen LogP contribution is -2.56. The summed E-state index contributed by atoms with van der Waals surface area (Å²) in [5.41, 5.74) is 5.82. The number of rotatable bonds is 4. The van der Waals surface area contributed by atoms with Gasteiger partial charge < -0.3 is 15.4 Å². The van der Waals surface area contributed by atoms with Gasteiger partial charge in [0, 0.05) is 25.2 Å². The van der Waals surface area contributed by atoms with Crippen molar-refractivity contribution in [2.45, 2.75) is 18.7 Å². The Morgan fingerprint density at radius 2 is 2.14 bits per heavy atom. The minimum absolute atomic E-state index is 0.0397. The molecule has 0 saturated carbocycles. The molecular weight excluding hydrogens is 289 g/mol. The first-order chi connectivity index (χ1) is 10.5. The van der Waals surface area contributed by atoms with Crippen molar-refractivity contribution in [3.05, 3.63) is 35.6 Å². The van der Waals surface area contributed by atoms with Crippen LogP contribution in [0.1, 0.15) is 5.56 Å². The van der Waals surface area contributed by atoms with Crippen LogP contribution < -0.4 is 5.73 Å². The summed E-state index contributed by atoms with van der Waals surface area (Å²) in [6, 6.07) is 6.41. The Morgan fingerprint density at radius 3 is 2.86 bits per heavy atom. The fraction of sp³-hybridized carbons (Fsp3) is 0.467. The highest BCUT2D eigenvalue weighted by Gasteiger charge is 2.43. The number of carbonyl (C=O) groups is 2. The van der Waals surface area contributed by atoms with Crippen molar-refractivity contribution in [2.75, 3.05) is 26.2 Å². The van der Waals surface area contributed by atoms with E-state index in [9.17, 15) is 14.0 Å². The Labute approximate surface area is 127 Å². The van der Waals surface area contributed by atoms with Gasteiger partial charge in [0.25, 0.3) is 0 Å². The summed E-state index contributed by atoms with van der Waals surface area (Å²) in [4.78, 5) is 26.6. The first kappa shape index (κ1) is 14.9. The molecule has 2 amide bonds. The van der Waals surface area contributed by atoms with E-state index in [-0.39, 0.29) is 37.0 Å². The quantitative estimate of drug-likeness (QED) is 0.830. The molecule has 2 N–H and O–H groups in total. The number of nitrogens with two attached hydrogens (primary N) is 1. The number of primary amides is 1. The van der Waals surface area contributed by atoms with E-state index in [0.717, 1.165) is 0 Å². The number of ether oxygens (including phenoxy) is 1. The minimum Gasteiger partial charge on any atom is -0.368 e. The predicted octanol–water partition coefficient (Wildman–Crippen LogP) is -0.277. The first-order valence-electron chi connectivity index (χ1n) is 7.19. The monoisotopic (exact) mass is 307 g/mol. The molecule has 0 aromatic heterocycles. The summed E-state index contributed by atoms with van der Waals surface area (Å²) in [6.07, 6.45) is -0.163. The van der Waals surface area contributed by atoms with E-state index in [2.05, 4.69) is 0 Å². The third-order valence-corrected chi connectivity index (χ3v) is 4.13. The molecule has 22 heavy (non-hydrogen) atoms. The number of fused-ring (bicyclic) bond motifs is 1. The van der Waals surface area contributed by atoms with Crippen LogP contribution in [0.3, 0.4) is 0 Å². The minimum atomic E-state index is -0.540. The Hall–Kier alpha value is -1.99. The van der Waals surface area contributed by atoms with Crippen molar-refractivity contribution in [1.82, 2.24) is 9.80 Å². The molecule has 2 atom stereocenters. The van der Waals surface area contributed by atoms with Crippen LogP contribution in [0.15, 0.2) is 24.3 Å². The molecule has 6 nitrogen and oxygen atoms in total. The summed E-state index contributed by atoms with van der Waals surface area (Å²) in [7, 11) is 0. The molecule has 0 bridgehead atoms. The van der Waals surface area contributed by atoms with Gasteiger partial charge in [0.1, 0.15) is 12.4 Å². The summed E-state index contributed by atoms with van der Waals surface area (Å²) in [6.45, 7) is 1.44. The SMILES string of the molecule is NC(=O)CN1C(=O)COC2CN(Cc3ccccc3F)CC21. The molecule has 0 spiro atoms. The second-order valence-electron chi connectivity index (χ2n) is 5.69. The Morgan fingerprint density at radius 1 is 1.36 bits per heavy atom. The topological polar surface area (TPSA) is 75.9 Å². The number of hydrogen-bond donors (Lipinski definition) is 1. The normalized spacial score (nSPS) is 25.3. The molecular formula is C15H18FN3O3. The van der Waals surface area contributed by atoms with Crippen LogP contribution in [0, 0.1) is 5.82 Å². The molecule has 2 heterocycles. The zero-order chi connectivity index (χ0) is 15.7. The average molecular weight is 307 g/mol. The van der Waals surface area contributed by atoms with Crippen molar-refractivity contribution in [2.24, 2.45) is 5.73 Å². The maximum atomic E-state index is 13.7. The van der Waals surface area contributed by atoms with E-state index in [0.29, 0.717) is 25.2 Å². The maximum absolute atomic E-state index is 13.7. The van der Waals surface area contributed by atoms with Crippen molar-refractivity contribution in [3.8, 4) is 0 Å². The Balaban J connectivity index is 1.70. The van der Waals surface area contributed by atoms with E-state index >= 15 is 0 Å². The smallest absolute Gasteiger partial charge is 0.249 e. The van der Waals surface area contributed by atoms with Crippen molar-refractivity contribution in [3.63, 3.8) is 0 Å². The molecule has 2 unspecified atom stereocenters. The number of nitrogens with zero attached hydrogens (tertiary/aromatic N) is 2. The highest BCUT2D eigenvalue weighted by Crippen LogP contribution is 2.25. The van der Waals surface area contributed by atoms with E-state index in [4.69, 9.17) is 10.5 Å². The zero-order valence-corrected chi connectivity index (χ0v) is 12.1. The Kier molecular flexibility index (Phi) is 4.08.